The van der Waals surface area contributed by atoms with Gasteiger partial charge < -0.3 is 14.2 Å². The van der Waals surface area contributed by atoms with Gasteiger partial charge in [-0.1, -0.05) is 5.16 Å². The van der Waals surface area contributed by atoms with Gasteiger partial charge in [0.25, 0.3) is 0 Å². The van der Waals surface area contributed by atoms with Gasteiger partial charge in [0.15, 0.2) is 5.82 Å². The largest absolute Gasteiger partial charge is 0.378 e. The van der Waals surface area contributed by atoms with Gasteiger partial charge in [0.1, 0.15) is 6.04 Å². The van der Waals surface area contributed by atoms with Crippen LogP contribution >= 0.6 is 0 Å². The Hall–Kier alpha value is -2.32. The van der Waals surface area contributed by atoms with Crippen LogP contribution in [0, 0.1) is 13.8 Å². The number of likely N-dealkylation sites (tertiary alicyclic amines) is 1. The summed E-state index contributed by atoms with van der Waals surface area (Å²) in [6, 6.07) is 2.19. The van der Waals surface area contributed by atoms with E-state index in [0.29, 0.717) is 37.4 Å². The average molecular weight is 357 g/mol. The lowest BCUT2D eigenvalue weighted by Crippen LogP contribution is -2.63. The zero-order chi connectivity index (χ0) is 18.1. The smallest absolute Gasteiger partial charge is 0.246 e. The monoisotopic (exact) mass is 357 g/mol. The zero-order valence-corrected chi connectivity index (χ0v) is 15.1. The minimum Gasteiger partial charge on any atom is -0.378 e. The van der Waals surface area contributed by atoms with Gasteiger partial charge >= 0.3 is 0 Å². The van der Waals surface area contributed by atoms with E-state index in [1.807, 2.05) is 24.8 Å². The van der Waals surface area contributed by atoms with Crippen LogP contribution in [0.2, 0.25) is 0 Å². The van der Waals surface area contributed by atoms with Gasteiger partial charge in [0, 0.05) is 38.1 Å². The molecule has 0 bridgehead atoms. The van der Waals surface area contributed by atoms with Crippen molar-refractivity contribution in [2.75, 3.05) is 32.8 Å². The summed E-state index contributed by atoms with van der Waals surface area (Å²) >= 11 is 0. The van der Waals surface area contributed by atoms with E-state index in [4.69, 9.17) is 9.26 Å². The van der Waals surface area contributed by atoms with Gasteiger partial charge in [-0.05, 0) is 31.0 Å². The summed E-state index contributed by atoms with van der Waals surface area (Å²) in [6.07, 6.45) is 3.96. The Kier molecular flexibility index (Phi) is 4.69. The van der Waals surface area contributed by atoms with Gasteiger partial charge in [0.2, 0.25) is 11.8 Å². The van der Waals surface area contributed by atoms with Crippen molar-refractivity contribution in [3.8, 4) is 0 Å². The number of hydrogen-bond acceptors (Lipinski definition) is 7. The van der Waals surface area contributed by atoms with Crippen LogP contribution in [-0.4, -0.2) is 69.7 Å². The third-order valence-corrected chi connectivity index (χ3v) is 5.16. The number of morpholine rings is 1. The molecule has 0 N–H and O–H groups in total. The molecule has 0 aromatic carbocycles. The maximum Gasteiger partial charge on any atom is 0.246 e. The molecule has 0 spiro atoms. The van der Waals surface area contributed by atoms with Gasteiger partial charge in [-0.25, -0.2) is 0 Å². The summed E-state index contributed by atoms with van der Waals surface area (Å²) in [6.45, 7) is 7.29. The third kappa shape index (κ3) is 3.34. The fourth-order valence-corrected chi connectivity index (χ4v) is 3.56. The molecular weight excluding hydrogens is 334 g/mol. The molecule has 1 unspecified atom stereocenters. The van der Waals surface area contributed by atoms with E-state index < -0.39 is 0 Å². The Morgan fingerprint density at radius 2 is 2.19 bits per heavy atom. The number of carbonyl (C=O) groups is 1. The molecule has 2 aliphatic rings. The van der Waals surface area contributed by atoms with E-state index in [0.717, 1.165) is 30.8 Å². The number of pyridine rings is 1. The Balaban J connectivity index is 1.37. The molecule has 2 saturated heterocycles. The highest BCUT2D eigenvalue weighted by molar-refractivity contribution is 5.80. The molecule has 0 aliphatic carbocycles. The Morgan fingerprint density at radius 1 is 1.35 bits per heavy atom. The van der Waals surface area contributed by atoms with E-state index in [9.17, 15) is 4.79 Å². The first kappa shape index (κ1) is 17.1. The molecule has 2 fully saturated rings. The Bertz CT molecular complexity index is 787. The predicted octanol–water partition coefficient (Wildman–Crippen LogP) is 0.908. The summed E-state index contributed by atoms with van der Waals surface area (Å²) in [5.74, 6) is 1.39. The topological polar surface area (TPSA) is 84.6 Å². The van der Waals surface area contributed by atoms with Crippen LogP contribution in [0.25, 0.3) is 0 Å². The van der Waals surface area contributed by atoms with Crippen LogP contribution in [-0.2, 0) is 16.0 Å². The normalized spacial score (nSPS) is 21.6. The van der Waals surface area contributed by atoms with Crippen LogP contribution < -0.4 is 0 Å². The van der Waals surface area contributed by atoms with Crippen molar-refractivity contribution in [1.29, 1.82) is 0 Å². The molecule has 2 aromatic rings. The highest BCUT2D eigenvalue weighted by atomic mass is 16.5. The van der Waals surface area contributed by atoms with Crippen LogP contribution in [0.4, 0.5) is 0 Å². The highest BCUT2D eigenvalue weighted by Crippen LogP contribution is 2.29. The van der Waals surface area contributed by atoms with Crippen LogP contribution in [0.3, 0.4) is 0 Å². The minimum atomic E-state index is -0.0327. The molecule has 1 amide bonds. The van der Waals surface area contributed by atoms with Crippen molar-refractivity contribution in [2.24, 2.45) is 0 Å². The van der Waals surface area contributed by atoms with E-state index in [1.54, 1.807) is 12.4 Å². The number of aromatic nitrogens is 3. The van der Waals surface area contributed by atoms with Crippen molar-refractivity contribution in [3.05, 3.63) is 41.3 Å². The number of ether oxygens (including phenoxy) is 1. The lowest BCUT2D eigenvalue weighted by Gasteiger charge is -2.48. The van der Waals surface area contributed by atoms with Crippen molar-refractivity contribution in [3.63, 3.8) is 0 Å². The summed E-state index contributed by atoms with van der Waals surface area (Å²) in [7, 11) is 0. The first-order valence-corrected chi connectivity index (χ1v) is 8.93. The number of amides is 1. The van der Waals surface area contributed by atoms with Crippen molar-refractivity contribution >= 4 is 5.91 Å². The summed E-state index contributed by atoms with van der Waals surface area (Å²) in [4.78, 5) is 25.2. The molecule has 0 saturated carbocycles. The second-order valence-corrected chi connectivity index (χ2v) is 6.94. The third-order valence-electron chi connectivity index (χ3n) is 5.16. The summed E-state index contributed by atoms with van der Waals surface area (Å²) in [5.41, 5.74) is 2.09. The number of aryl methyl sites for hydroxylation is 2. The Labute approximate surface area is 152 Å². The van der Waals surface area contributed by atoms with Gasteiger partial charge in [0.05, 0.1) is 19.6 Å². The minimum absolute atomic E-state index is 0.0327. The van der Waals surface area contributed by atoms with Crippen LogP contribution in [0.1, 0.15) is 28.9 Å². The molecule has 8 heteroatoms. The lowest BCUT2D eigenvalue weighted by molar-refractivity contribution is -0.142. The summed E-state index contributed by atoms with van der Waals surface area (Å²) in [5, 5.41) is 3.89. The number of carbonyl (C=O) groups excluding carboxylic acids is 1. The zero-order valence-electron chi connectivity index (χ0n) is 15.1. The molecule has 1 atom stereocenters. The average Bonchev–Trinajstić information content (AvgIpc) is 3.02. The molecule has 4 heterocycles. The lowest BCUT2D eigenvalue weighted by atomic mass is 10.0. The molecule has 2 aliphatic heterocycles. The van der Waals surface area contributed by atoms with Gasteiger partial charge in [-0.2, -0.15) is 4.98 Å². The van der Waals surface area contributed by atoms with E-state index in [1.165, 1.54) is 0 Å². The molecule has 26 heavy (non-hydrogen) atoms. The Morgan fingerprint density at radius 3 is 2.92 bits per heavy atom. The quantitative estimate of drug-likeness (QED) is 0.804. The number of nitrogens with zero attached hydrogens (tertiary/aromatic N) is 5. The second-order valence-electron chi connectivity index (χ2n) is 6.94. The molecule has 4 rings (SSSR count). The molecule has 8 nitrogen and oxygen atoms in total. The number of hydrogen-bond donors (Lipinski definition) is 0. The molecular formula is C18H23N5O3. The highest BCUT2D eigenvalue weighted by Gasteiger charge is 2.41. The fourth-order valence-electron chi connectivity index (χ4n) is 3.56. The first-order chi connectivity index (χ1) is 12.6. The van der Waals surface area contributed by atoms with E-state index in [2.05, 4.69) is 20.0 Å². The predicted molar refractivity (Wildman–Crippen MR) is 92.3 cm³/mol. The summed E-state index contributed by atoms with van der Waals surface area (Å²) < 4.78 is 11.0. The van der Waals surface area contributed by atoms with Crippen molar-refractivity contribution < 1.29 is 14.1 Å². The van der Waals surface area contributed by atoms with Crippen molar-refractivity contribution in [1.82, 2.24) is 24.9 Å². The molecule has 0 radical (unpaired) electrons. The second kappa shape index (κ2) is 7.13. The van der Waals surface area contributed by atoms with Crippen LogP contribution in [0.15, 0.2) is 23.0 Å². The van der Waals surface area contributed by atoms with Crippen molar-refractivity contribution in [2.45, 2.75) is 32.4 Å². The van der Waals surface area contributed by atoms with E-state index in [-0.39, 0.29) is 11.9 Å². The van der Waals surface area contributed by atoms with Crippen LogP contribution in [0.5, 0.6) is 0 Å². The van der Waals surface area contributed by atoms with Gasteiger partial charge in [-0.3, -0.25) is 14.7 Å². The molecule has 2 aromatic heterocycles. The number of rotatable bonds is 4. The fraction of sp³-hybridized carbons (Fsp3) is 0.556. The molecule has 138 valence electrons. The van der Waals surface area contributed by atoms with Gasteiger partial charge in [-0.15, -0.1) is 0 Å². The first-order valence-electron chi connectivity index (χ1n) is 8.93. The SMILES string of the molecule is Cc1noc(C2COCCN2C2CN(C(=O)Cc3ccncc3C)C2)n1. The van der Waals surface area contributed by atoms with E-state index >= 15 is 0 Å². The maximum atomic E-state index is 12.6. The maximum absolute atomic E-state index is 12.6. The standard InChI is InChI=1S/C18H23N5O3/c1-12-8-19-4-3-14(12)7-17(24)22-9-15(10-22)23-5-6-25-11-16(23)18-20-13(2)21-26-18/h3-4,8,15-16H,5-7,9-11H2,1-2H3.